The molecule has 0 fully saturated rings. The molecular weight excluding hydrogens is 332 g/mol. The lowest BCUT2D eigenvalue weighted by Gasteiger charge is -2.18. The molecule has 0 radical (unpaired) electrons. The van der Waals surface area contributed by atoms with Gasteiger partial charge in [0.05, 0.1) is 6.61 Å². The van der Waals surface area contributed by atoms with Gasteiger partial charge < -0.3 is 4.74 Å². The maximum atomic E-state index is 12.4. The highest BCUT2D eigenvalue weighted by Crippen LogP contribution is 2.18. The minimum Gasteiger partial charge on any atom is -0.466 e. The molecule has 0 aliphatic heterocycles. The van der Waals surface area contributed by atoms with E-state index < -0.39 is 5.69 Å². The molecular formula is C20H26N2O4. The quantitative estimate of drug-likeness (QED) is 0.736. The Kier molecular flexibility index (Phi) is 6.95. The first kappa shape index (κ1) is 19.7. The van der Waals surface area contributed by atoms with E-state index in [2.05, 4.69) is 4.98 Å². The van der Waals surface area contributed by atoms with Crippen molar-refractivity contribution in [2.24, 2.45) is 0 Å². The summed E-state index contributed by atoms with van der Waals surface area (Å²) < 4.78 is 6.52. The minimum atomic E-state index is -0.436. The van der Waals surface area contributed by atoms with E-state index in [1.807, 2.05) is 44.2 Å². The topological polar surface area (TPSA) is 81.2 Å². The molecule has 0 saturated carbocycles. The predicted octanol–water partition coefficient (Wildman–Crippen LogP) is 2.59. The smallest absolute Gasteiger partial charge is 0.328 e. The van der Waals surface area contributed by atoms with Crippen molar-refractivity contribution in [1.29, 1.82) is 0 Å². The summed E-state index contributed by atoms with van der Waals surface area (Å²) in [5, 5.41) is 0. The molecule has 1 N–H and O–H groups in total. The molecule has 2 rings (SSSR count). The molecule has 140 valence electrons. The number of hydrogen-bond acceptors (Lipinski definition) is 4. The number of aromatic nitrogens is 2. The third kappa shape index (κ3) is 4.94. The van der Waals surface area contributed by atoms with E-state index in [4.69, 9.17) is 4.74 Å². The van der Waals surface area contributed by atoms with Gasteiger partial charge in [0.2, 0.25) is 0 Å². The molecule has 1 heterocycles. The van der Waals surface area contributed by atoms with Gasteiger partial charge in [0.25, 0.3) is 5.56 Å². The number of hydrogen-bond donors (Lipinski definition) is 1. The Morgan fingerprint density at radius 3 is 2.50 bits per heavy atom. The summed E-state index contributed by atoms with van der Waals surface area (Å²) in [6.07, 6.45) is 1.21. The summed E-state index contributed by atoms with van der Waals surface area (Å²) >= 11 is 0. The van der Waals surface area contributed by atoms with Crippen LogP contribution in [0.1, 0.15) is 56.4 Å². The third-order valence-electron chi connectivity index (χ3n) is 4.21. The Labute approximate surface area is 152 Å². The number of nitrogens with one attached hydrogen (secondary N) is 1. The van der Waals surface area contributed by atoms with E-state index in [1.54, 1.807) is 11.5 Å². The molecule has 0 atom stereocenters. The number of carbonyl (C=O) groups excluding carboxylic acids is 1. The van der Waals surface area contributed by atoms with Crippen molar-refractivity contribution in [3.05, 3.63) is 68.0 Å². The van der Waals surface area contributed by atoms with Crippen molar-refractivity contribution < 1.29 is 9.53 Å². The molecule has 6 nitrogen and oxygen atoms in total. The van der Waals surface area contributed by atoms with Gasteiger partial charge in [-0.25, -0.2) is 4.79 Å². The second kappa shape index (κ2) is 9.17. The van der Waals surface area contributed by atoms with E-state index in [0.29, 0.717) is 37.3 Å². The molecule has 0 amide bonds. The third-order valence-corrected chi connectivity index (χ3v) is 4.21. The van der Waals surface area contributed by atoms with Crippen molar-refractivity contribution in [2.45, 2.75) is 52.5 Å². The van der Waals surface area contributed by atoms with Gasteiger partial charge in [-0.3, -0.25) is 19.1 Å². The van der Waals surface area contributed by atoms with Crippen LogP contribution in [0.25, 0.3) is 0 Å². The zero-order valence-electron chi connectivity index (χ0n) is 15.6. The Morgan fingerprint density at radius 2 is 1.88 bits per heavy atom. The number of carbonyl (C=O) groups is 1. The van der Waals surface area contributed by atoms with Crippen molar-refractivity contribution in [3.63, 3.8) is 0 Å². The van der Waals surface area contributed by atoms with E-state index >= 15 is 0 Å². The highest BCUT2D eigenvalue weighted by molar-refractivity contribution is 5.69. The molecule has 0 aliphatic rings. The van der Waals surface area contributed by atoms with Gasteiger partial charge in [0.15, 0.2) is 0 Å². The SMILES string of the molecule is CCOC(=O)CCCn1c(Cc2ccccc2)c(C(C)C)c(=O)[nH]c1=O. The van der Waals surface area contributed by atoms with Crippen LogP contribution in [0.3, 0.4) is 0 Å². The number of nitrogens with zero attached hydrogens (tertiary/aromatic N) is 1. The fourth-order valence-electron chi connectivity index (χ4n) is 3.06. The maximum absolute atomic E-state index is 12.4. The molecule has 0 aliphatic carbocycles. The van der Waals surface area contributed by atoms with E-state index in [9.17, 15) is 14.4 Å². The lowest BCUT2D eigenvalue weighted by molar-refractivity contribution is -0.143. The average molecular weight is 358 g/mol. The molecule has 1 aromatic carbocycles. The summed E-state index contributed by atoms with van der Waals surface area (Å²) in [5.41, 5.74) is 1.58. The largest absolute Gasteiger partial charge is 0.466 e. The number of aromatic amines is 1. The van der Waals surface area contributed by atoms with Crippen molar-refractivity contribution >= 4 is 5.97 Å². The fourth-order valence-corrected chi connectivity index (χ4v) is 3.06. The van der Waals surface area contributed by atoms with Crippen LogP contribution in [0, 0.1) is 0 Å². The van der Waals surface area contributed by atoms with Gasteiger partial charge in [-0.05, 0) is 24.8 Å². The van der Waals surface area contributed by atoms with Crippen LogP contribution in [0.2, 0.25) is 0 Å². The number of esters is 1. The van der Waals surface area contributed by atoms with Crippen LogP contribution in [0.5, 0.6) is 0 Å². The highest BCUT2D eigenvalue weighted by Gasteiger charge is 2.18. The van der Waals surface area contributed by atoms with E-state index in [0.717, 1.165) is 5.56 Å². The Hall–Kier alpha value is -2.63. The summed E-state index contributed by atoms with van der Waals surface area (Å²) in [6, 6.07) is 9.73. The zero-order chi connectivity index (χ0) is 19.1. The van der Waals surface area contributed by atoms with Gasteiger partial charge in [-0.15, -0.1) is 0 Å². The lowest BCUT2D eigenvalue weighted by atomic mass is 9.98. The summed E-state index contributed by atoms with van der Waals surface area (Å²) in [7, 11) is 0. The average Bonchev–Trinajstić information content (AvgIpc) is 2.58. The van der Waals surface area contributed by atoms with Crippen LogP contribution >= 0.6 is 0 Å². The lowest BCUT2D eigenvalue weighted by Crippen LogP contribution is -2.36. The Morgan fingerprint density at radius 1 is 1.19 bits per heavy atom. The van der Waals surface area contributed by atoms with Gasteiger partial charge >= 0.3 is 11.7 Å². The fraction of sp³-hybridized carbons (Fsp3) is 0.450. The number of benzene rings is 1. The van der Waals surface area contributed by atoms with Crippen molar-refractivity contribution in [1.82, 2.24) is 9.55 Å². The molecule has 0 unspecified atom stereocenters. The molecule has 0 saturated heterocycles. The highest BCUT2D eigenvalue weighted by atomic mass is 16.5. The minimum absolute atomic E-state index is 0.0191. The van der Waals surface area contributed by atoms with Crippen LogP contribution in [-0.2, 0) is 22.5 Å². The molecule has 0 bridgehead atoms. The summed E-state index contributed by atoms with van der Waals surface area (Å²) in [4.78, 5) is 38.8. The Bertz CT molecular complexity index is 850. The first-order valence-electron chi connectivity index (χ1n) is 8.99. The van der Waals surface area contributed by atoms with Gasteiger partial charge in [0.1, 0.15) is 0 Å². The van der Waals surface area contributed by atoms with E-state index in [-0.39, 0.29) is 23.9 Å². The van der Waals surface area contributed by atoms with Gasteiger partial charge in [0, 0.05) is 30.6 Å². The first-order chi connectivity index (χ1) is 12.4. The van der Waals surface area contributed by atoms with Crippen molar-refractivity contribution in [3.8, 4) is 0 Å². The van der Waals surface area contributed by atoms with Gasteiger partial charge in [-0.2, -0.15) is 0 Å². The van der Waals surface area contributed by atoms with Crippen LogP contribution in [0.15, 0.2) is 39.9 Å². The second-order valence-corrected chi connectivity index (χ2v) is 6.50. The second-order valence-electron chi connectivity index (χ2n) is 6.50. The first-order valence-corrected chi connectivity index (χ1v) is 8.99. The molecule has 1 aromatic heterocycles. The van der Waals surface area contributed by atoms with Crippen molar-refractivity contribution in [2.75, 3.05) is 6.61 Å². The summed E-state index contributed by atoms with van der Waals surface area (Å²) in [6.45, 7) is 6.33. The standard InChI is InChI=1S/C20H26N2O4/c1-4-26-17(23)11-8-12-22-16(13-15-9-6-5-7-10-15)18(14(2)3)19(24)21-20(22)25/h5-7,9-10,14H,4,8,11-13H2,1-3H3,(H,21,24,25). The van der Waals surface area contributed by atoms with Gasteiger partial charge in [-0.1, -0.05) is 44.2 Å². The van der Waals surface area contributed by atoms with E-state index in [1.165, 1.54) is 0 Å². The van der Waals surface area contributed by atoms with Crippen LogP contribution in [-0.4, -0.2) is 22.1 Å². The van der Waals surface area contributed by atoms with Crippen LogP contribution < -0.4 is 11.2 Å². The molecule has 26 heavy (non-hydrogen) atoms. The maximum Gasteiger partial charge on any atom is 0.328 e. The van der Waals surface area contributed by atoms with Crippen LogP contribution in [0.4, 0.5) is 0 Å². The number of ether oxygens (including phenoxy) is 1. The Balaban J connectivity index is 2.38. The zero-order valence-corrected chi connectivity index (χ0v) is 15.6. The number of rotatable bonds is 8. The summed E-state index contributed by atoms with van der Waals surface area (Å²) in [5.74, 6) is -0.298. The number of H-pyrrole nitrogens is 1. The molecule has 2 aromatic rings. The predicted molar refractivity (Wildman–Crippen MR) is 101 cm³/mol. The normalized spacial score (nSPS) is 10.9. The monoisotopic (exact) mass is 358 g/mol. The molecule has 6 heteroatoms. The molecule has 0 spiro atoms.